The fourth-order valence-electron chi connectivity index (χ4n) is 3.70. The van der Waals surface area contributed by atoms with Gasteiger partial charge in [0, 0.05) is 19.0 Å². The number of fused-ring (bicyclic) bond motifs is 1. The molecule has 1 saturated heterocycles. The highest BCUT2D eigenvalue weighted by Gasteiger charge is 2.32. The molecule has 2 heterocycles. The molecular weight excluding hydrogens is 434 g/mol. The number of piperidine rings is 1. The van der Waals surface area contributed by atoms with Gasteiger partial charge in [0.25, 0.3) is 0 Å². The Labute approximate surface area is 186 Å². The summed E-state index contributed by atoms with van der Waals surface area (Å²) < 4.78 is 33.3. The molecule has 0 aliphatic carbocycles. The molecular formula is C22H25N3O4S2. The number of sulfonamides is 1. The van der Waals surface area contributed by atoms with Crippen molar-refractivity contribution < 1.29 is 17.9 Å². The SMILES string of the molecule is COc1ccc(S(=O)(=O)N2CCC(C(=O)Nc3nc4cc(C)c(C)cc4s3)CC2)cc1. The number of hydrogen-bond donors (Lipinski definition) is 1. The van der Waals surface area contributed by atoms with Gasteiger partial charge in [-0.3, -0.25) is 4.79 Å². The van der Waals surface area contributed by atoms with Gasteiger partial charge in [-0.05, 0) is 74.2 Å². The molecule has 0 spiro atoms. The highest BCUT2D eigenvalue weighted by molar-refractivity contribution is 7.89. The summed E-state index contributed by atoms with van der Waals surface area (Å²) in [6.07, 6.45) is 0.953. The second kappa shape index (κ2) is 8.57. The lowest BCUT2D eigenvalue weighted by Gasteiger charge is -2.30. The Bertz CT molecular complexity index is 1170. The highest BCUT2D eigenvalue weighted by Crippen LogP contribution is 2.30. The fraction of sp³-hybridized carbons (Fsp3) is 0.364. The van der Waals surface area contributed by atoms with E-state index in [1.807, 2.05) is 13.0 Å². The molecule has 2 aromatic carbocycles. The monoisotopic (exact) mass is 459 g/mol. The Hall–Kier alpha value is -2.49. The van der Waals surface area contributed by atoms with Crippen LogP contribution in [-0.2, 0) is 14.8 Å². The van der Waals surface area contributed by atoms with Crippen molar-refractivity contribution in [3.63, 3.8) is 0 Å². The van der Waals surface area contributed by atoms with Crippen LogP contribution in [0.15, 0.2) is 41.3 Å². The first-order chi connectivity index (χ1) is 14.8. The van der Waals surface area contributed by atoms with Crippen LogP contribution in [0.3, 0.4) is 0 Å². The number of carbonyl (C=O) groups excluding carboxylic acids is 1. The molecule has 7 nitrogen and oxygen atoms in total. The molecule has 1 amide bonds. The highest BCUT2D eigenvalue weighted by atomic mass is 32.2. The lowest BCUT2D eigenvalue weighted by atomic mass is 9.97. The molecule has 3 aromatic rings. The Morgan fingerprint density at radius 1 is 1.13 bits per heavy atom. The van der Waals surface area contributed by atoms with Gasteiger partial charge in [0.2, 0.25) is 15.9 Å². The van der Waals surface area contributed by atoms with E-state index in [0.717, 1.165) is 10.2 Å². The number of nitrogens with zero attached hydrogens (tertiary/aromatic N) is 2. The number of carbonyl (C=O) groups is 1. The summed E-state index contributed by atoms with van der Waals surface area (Å²) in [5.74, 6) is 0.265. The zero-order chi connectivity index (χ0) is 22.2. The van der Waals surface area contributed by atoms with Crippen LogP contribution in [0.4, 0.5) is 5.13 Å². The average molecular weight is 460 g/mol. The molecule has 1 aliphatic heterocycles. The average Bonchev–Trinajstić information content (AvgIpc) is 3.14. The predicted molar refractivity (Wildman–Crippen MR) is 122 cm³/mol. The number of benzene rings is 2. The molecule has 0 unspecified atom stereocenters. The van der Waals surface area contributed by atoms with E-state index in [1.165, 1.54) is 33.9 Å². The number of aromatic nitrogens is 1. The van der Waals surface area contributed by atoms with Gasteiger partial charge in [-0.1, -0.05) is 11.3 Å². The third kappa shape index (κ3) is 4.44. The summed E-state index contributed by atoms with van der Waals surface area (Å²) in [5, 5.41) is 3.51. The number of amides is 1. The van der Waals surface area contributed by atoms with Gasteiger partial charge in [-0.2, -0.15) is 4.31 Å². The molecule has 1 aromatic heterocycles. The number of thiazole rings is 1. The minimum absolute atomic E-state index is 0.103. The first kappa shape index (κ1) is 21.7. The van der Waals surface area contributed by atoms with Crippen molar-refractivity contribution in [2.45, 2.75) is 31.6 Å². The number of rotatable bonds is 5. The van der Waals surface area contributed by atoms with Crippen LogP contribution >= 0.6 is 11.3 Å². The van der Waals surface area contributed by atoms with E-state index in [0.29, 0.717) is 36.8 Å². The fourth-order valence-corrected chi connectivity index (χ4v) is 6.11. The first-order valence-corrected chi connectivity index (χ1v) is 12.4. The van der Waals surface area contributed by atoms with Crippen LogP contribution < -0.4 is 10.1 Å². The number of aryl methyl sites for hydroxylation is 2. The van der Waals surface area contributed by atoms with Crippen LogP contribution in [0.25, 0.3) is 10.2 Å². The largest absolute Gasteiger partial charge is 0.497 e. The Balaban J connectivity index is 1.39. The van der Waals surface area contributed by atoms with Crippen LogP contribution in [0.5, 0.6) is 5.75 Å². The maximum absolute atomic E-state index is 12.9. The summed E-state index contributed by atoms with van der Waals surface area (Å²) >= 11 is 1.46. The molecule has 164 valence electrons. The maximum atomic E-state index is 12.9. The van der Waals surface area contributed by atoms with Crippen molar-refractivity contribution in [2.24, 2.45) is 5.92 Å². The standard InChI is InChI=1S/C22H25N3O4S2/c1-14-12-19-20(13-15(14)2)30-22(23-19)24-21(26)16-8-10-25(11-9-16)31(27,28)18-6-4-17(29-3)5-7-18/h4-7,12-13,16H,8-11H2,1-3H3,(H,23,24,26). The number of ether oxygens (including phenoxy) is 1. The smallest absolute Gasteiger partial charge is 0.243 e. The lowest BCUT2D eigenvalue weighted by molar-refractivity contribution is -0.120. The Morgan fingerprint density at radius 3 is 2.42 bits per heavy atom. The van der Waals surface area contributed by atoms with Gasteiger partial charge in [0.05, 0.1) is 22.2 Å². The summed E-state index contributed by atoms with van der Waals surface area (Å²) in [5.41, 5.74) is 3.24. The minimum Gasteiger partial charge on any atom is -0.497 e. The topological polar surface area (TPSA) is 88.6 Å². The van der Waals surface area contributed by atoms with Crippen molar-refractivity contribution in [1.29, 1.82) is 0 Å². The van der Waals surface area contributed by atoms with Gasteiger partial charge >= 0.3 is 0 Å². The second-order valence-electron chi connectivity index (χ2n) is 7.77. The molecule has 4 rings (SSSR count). The normalized spacial score (nSPS) is 15.8. The van der Waals surface area contributed by atoms with E-state index >= 15 is 0 Å². The molecule has 0 bridgehead atoms. The van der Waals surface area contributed by atoms with Crippen molar-refractivity contribution in [2.75, 3.05) is 25.5 Å². The molecule has 0 atom stereocenters. The summed E-state index contributed by atoms with van der Waals surface area (Å²) in [7, 11) is -2.05. The zero-order valence-electron chi connectivity index (χ0n) is 17.7. The van der Waals surface area contributed by atoms with Crippen molar-refractivity contribution in [3.05, 3.63) is 47.5 Å². The van der Waals surface area contributed by atoms with E-state index in [1.54, 1.807) is 24.3 Å². The number of hydrogen-bond acceptors (Lipinski definition) is 6. The molecule has 31 heavy (non-hydrogen) atoms. The molecule has 9 heteroatoms. The second-order valence-corrected chi connectivity index (χ2v) is 10.7. The number of anilines is 1. The Kier molecular flexibility index (Phi) is 6.00. The quantitative estimate of drug-likeness (QED) is 0.624. The maximum Gasteiger partial charge on any atom is 0.243 e. The molecule has 1 fully saturated rings. The molecule has 1 aliphatic rings. The van der Waals surface area contributed by atoms with Crippen LogP contribution in [0.2, 0.25) is 0 Å². The van der Waals surface area contributed by atoms with E-state index in [2.05, 4.69) is 23.3 Å². The van der Waals surface area contributed by atoms with Crippen LogP contribution in [-0.4, -0.2) is 43.8 Å². The zero-order valence-corrected chi connectivity index (χ0v) is 19.3. The lowest BCUT2D eigenvalue weighted by Crippen LogP contribution is -2.41. The van der Waals surface area contributed by atoms with Gasteiger partial charge in [0.15, 0.2) is 5.13 Å². The van der Waals surface area contributed by atoms with Gasteiger partial charge in [0.1, 0.15) is 5.75 Å². The van der Waals surface area contributed by atoms with Crippen molar-refractivity contribution >= 4 is 42.6 Å². The van der Waals surface area contributed by atoms with E-state index < -0.39 is 10.0 Å². The molecule has 0 radical (unpaired) electrons. The minimum atomic E-state index is -3.58. The van der Waals surface area contributed by atoms with Gasteiger partial charge in [-0.15, -0.1) is 0 Å². The van der Waals surface area contributed by atoms with Crippen molar-refractivity contribution in [1.82, 2.24) is 9.29 Å². The van der Waals surface area contributed by atoms with Gasteiger partial charge in [-0.25, -0.2) is 13.4 Å². The summed E-state index contributed by atoms with van der Waals surface area (Å²) in [6, 6.07) is 10.5. The van der Waals surface area contributed by atoms with Crippen LogP contribution in [0, 0.1) is 19.8 Å². The predicted octanol–water partition coefficient (Wildman–Crippen LogP) is 3.96. The first-order valence-electron chi connectivity index (χ1n) is 10.1. The summed E-state index contributed by atoms with van der Waals surface area (Å²) in [4.78, 5) is 17.5. The molecule has 0 saturated carbocycles. The third-order valence-electron chi connectivity index (χ3n) is 5.76. The van der Waals surface area contributed by atoms with Crippen LogP contribution in [0.1, 0.15) is 24.0 Å². The van der Waals surface area contributed by atoms with E-state index in [4.69, 9.17) is 4.74 Å². The number of methoxy groups -OCH3 is 1. The molecule has 1 N–H and O–H groups in total. The third-order valence-corrected chi connectivity index (χ3v) is 8.60. The summed E-state index contributed by atoms with van der Waals surface area (Å²) in [6.45, 7) is 4.72. The van der Waals surface area contributed by atoms with E-state index in [9.17, 15) is 13.2 Å². The number of nitrogens with one attached hydrogen (secondary N) is 1. The van der Waals surface area contributed by atoms with Gasteiger partial charge < -0.3 is 10.1 Å². The van der Waals surface area contributed by atoms with Crippen molar-refractivity contribution in [3.8, 4) is 5.75 Å². The van der Waals surface area contributed by atoms with E-state index in [-0.39, 0.29) is 16.7 Å². The Morgan fingerprint density at radius 2 is 1.77 bits per heavy atom.